The van der Waals surface area contributed by atoms with Gasteiger partial charge in [-0.2, -0.15) is 0 Å². The van der Waals surface area contributed by atoms with Gasteiger partial charge in [0.15, 0.2) is 0 Å². The summed E-state index contributed by atoms with van der Waals surface area (Å²) in [6.45, 7) is 0. The van der Waals surface area contributed by atoms with E-state index in [4.69, 9.17) is 8.83 Å². The van der Waals surface area contributed by atoms with E-state index >= 15 is 0 Å². The summed E-state index contributed by atoms with van der Waals surface area (Å²) >= 11 is 0. The van der Waals surface area contributed by atoms with Gasteiger partial charge in [-0.3, -0.25) is 0 Å². The van der Waals surface area contributed by atoms with Crippen LogP contribution in [0.1, 0.15) is 0 Å². The highest BCUT2D eigenvalue weighted by atomic mass is 16.3. The van der Waals surface area contributed by atoms with Gasteiger partial charge in [-0.25, -0.2) is 0 Å². The number of rotatable bonds is 4. The number of aromatic nitrogens is 1. The third-order valence-electron chi connectivity index (χ3n) is 11.4. The van der Waals surface area contributed by atoms with Crippen LogP contribution in [0.25, 0.3) is 116 Å². The molecule has 0 atom stereocenters. The first-order valence-corrected chi connectivity index (χ1v) is 18.8. The van der Waals surface area contributed by atoms with Crippen LogP contribution in [-0.2, 0) is 0 Å². The lowest BCUT2D eigenvalue weighted by atomic mass is 9.85. The Bertz CT molecular complexity index is 3420. The lowest BCUT2D eigenvalue weighted by molar-refractivity contribution is 0.631. The SMILES string of the molecule is c1ccc(-c2cc3cc4oc5c(-c6c7ccccc7c(-c7ccc8c9ccccc9n(-c9ccccc9)c8c7)c7ccccc67)cccc5c4cc3o2)cc1. The number of nitrogens with zero attached hydrogens (tertiary/aromatic N) is 1. The van der Waals surface area contributed by atoms with Crippen molar-refractivity contribution < 1.29 is 8.83 Å². The van der Waals surface area contributed by atoms with Crippen molar-refractivity contribution in [1.82, 2.24) is 4.57 Å². The summed E-state index contributed by atoms with van der Waals surface area (Å²) in [6, 6.07) is 67.2. The highest BCUT2D eigenvalue weighted by molar-refractivity contribution is 6.25. The third-order valence-corrected chi connectivity index (χ3v) is 11.4. The van der Waals surface area contributed by atoms with Gasteiger partial charge >= 0.3 is 0 Å². The van der Waals surface area contributed by atoms with E-state index in [0.717, 1.165) is 55.5 Å². The largest absolute Gasteiger partial charge is 0.456 e. The van der Waals surface area contributed by atoms with Crippen LogP contribution in [0.3, 0.4) is 0 Å². The Hall–Kier alpha value is -7.36. The van der Waals surface area contributed by atoms with Crippen LogP contribution in [0.5, 0.6) is 0 Å². The van der Waals surface area contributed by atoms with Crippen LogP contribution in [0.15, 0.2) is 197 Å². The molecule has 3 heterocycles. The molecule has 12 rings (SSSR count). The van der Waals surface area contributed by atoms with E-state index in [0.29, 0.717) is 0 Å². The second kappa shape index (κ2) is 11.6. The molecule has 0 aliphatic heterocycles. The van der Waals surface area contributed by atoms with Gasteiger partial charge in [0, 0.05) is 49.3 Å². The third kappa shape index (κ3) is 4.44. The van der Waals surface area contributed by atoms with Gasteiger partial charge in [-0.1, -0.05) is 146 Å². The summed E-state index contributed by atoms with van der Waals surface area (Å²) in [4.78, 5) is 0. The minimum atomic E-state index is 0.850. The van der Waals surface area contributed by atoms with Gasteiger partial charge < -0.3 is 13.4 Å². The summed E-state index contributed by atoms with van der Waals surface area (Å²) in [6.07, 6.45) is 0. The fourth-order valence-electron chi connectivity index (χ4n) is 8.98. The molecule has 0 fully saturated rings. The van der Waals surface area contributed by atoms with Crippen molar-refractivity contribution in [2.75, 3.05) is 0 Å². The lowest BCUT2D eigenvalue weighted by Crippen LogP contribution is -1.94. The summed E-state index contributed by atoms with van der Waals surface area (Å²) in [7, 11) is 0. The molecule has 9 aromatic carbocycles. The predicted molar refractivity (Wildman–Crippen MR) is 229 cm³/mol. The Labute approximate surface area is 315 Å². The Kier molecular flexibility index (Phi) is 6.34. The van der Waals surface area contributed by atoms with Crippen molar-refractivity contribution in [3.05, 3.63) is 188 Å². The van der Waals surface area contributed by atoms with Gasteiger partial charge in [0.1, 0.15) is 22.5 Å². The van der Waals surface area contributed by atoms with E-state index < -0.39 is 0 Å². The standard InChI is InChI=1S/C52H31NO2/c1-3-14-32(15-4-1)47-29-34-30-49-44(31-48(34)54-47)42-23-13-24-43(52(42)55-49)51-40-21-9-7-19-38(40)50(39-20-8-10-22-41(39)51)33-26-27-37-36-18-11-12-25-45(36)53(46(37)28-33)35-16-5-2-6-17-35/h1-31H. The number of benzene rings is 9. The molecule has 0 radical (unpaired) electrons. The monoisotopic (exact) mass is 701 g/mol. The zero-order valence-electron chi connectivity index (χ0n) is 29.7. The van der Waals surface area contributed by atoms with E-state index in [1.807, 2.05) is 18.2 Å². The Morgan fingerprint density at radius 2 is 0.964 bits per heavy atom. The number of fused-ring (bicyclic) bond motifs is 9. The summed E-state index contributed by atoms with van der Waals surface area (Å²) in [5.74, 6) is 0.854. The van der Waals surface area contributed by atoms with Crippen molar-refractivity contribution in [2.24, 2.45) is 0 Å². The maximum Gasteiger partial charge on any atom is 0.143 e. The molecule has 0 bridgehead atoms. The van der Waals surface area contributed by atoms with Crippen LogP contribution in [0.4, 0.5) is 0 Å². The van der Waals surface area contributed by atoms with Crippen LogP contribution in [0, 0.1) is 0 Å². The van der Waals surface area contributed by atoms with Crippen molar-refractivity contribution in [2.45, 2.75) is 0 Å². The first-order valence-electron chi connectivity index (χ1n) is 18.8. The molecular formula is C52H31NO2. The molecule has 3 aromatic heterocycles. The van der Waals surface area contributed by atoms with Gasteiger partial charge in [0.2, 0.25) is 0 Å². The second-order valence-electron chi connectivity index (χ2n) is 14.4. The predicted octanol–water partition coefficient (Wildman–Crippen LogP) is 14.7. The molecule has 3 nitrogen and oxygen atoms in total. The highest BCUT2D eigenvalue weighted by Crippen LogP contribution is 2.48. The molecule has 0 amide bonds. The Morgan fingerprint density at radius 3 is 1.71 bits per heavy atom. The molecule has 55 heavy (non-hydrogen) atoms. The first-order chi connectivity index (χ1) is 27.3. The zero-order chi connectivity index (χ0) is 36.0. The van der Waals surface area contributed by atoms with E-state index in [9.17, 15) is 0 Å². The molecule has 3 heteroatoms. The maximum atomic E-state index is 6.86. The van der Waals surface area contributed by atoms with Crippen molar-refractivity contribution in [1.29, 1.82) is 0 Å². The fourth-order valence-corrected chi connectivity index (χ4v) is 8.98. The molecule has 0 saturated carbocycles. The minimum absolute atomic E-state index is 0.850. The van der Waals surface area contributed by atoms with E-state index in [1.165, 1.54) is 60.0 Å². The van der Waals surface area contributed by atoms with Crippen molar-refractivity contribution >= 4 is 76.3 Å². The zero-order valence-corrected chi connectivity index (χ0v) is 29.7. The van der Waals surface area contributed by atoms with Crippen LogP contribution < -0.4 is 0 Å². The van der Waals surface area contributed by atoms with Crippen molar-refractivity contribution in [3.8, 4) is 39.3 Å². The number of furan rings is 2. The van der Waals surface area contributed by atoms with E-state index in [1.54, 1.807) is 0 Å². The highest BCUT2D eigenvalue weighted by Gasteiger charge is 2.22. The minimum Gasteiger partial charge on any atom is -0.456 e. The Balaban J connectivity index is 1.10. The number of para-hydroxylation sites is 3. The molecule has 0 unspecified atom stereocenters. The second-order valence-corrected chi connectivity index (χ2v) is 14.4. The van der Waals surface area contributed by atoms with Crippen LogP contribution in [-0.4, -0.2) is 4.57 Å². The van der Waals surface area contributed by atoms with Crippen LogP contribution >= 0.6 is 0 Å². The summed E-state index contributed by atoms with van der Waals surface area (Å²) in [5, 5.41) is 10.4. The molecule has 12 aromatic rings. The molecule has 0 saturated heterocycles. The molecule has 0 aliphatic rings. The first kappa shape index (κ1) is 30.1. The summed E-state index contributed by atoms with van der Waals surface area (Å²) < 4.78 is 15.7. The van der Waals surface area contributed by atoms with E-state index in [2.05, 4.69) is 174 Å². The average molecular weight is 702 g/mol. The van der Waals surface area contributed by atoms with Gasteiger partial charge in [0.25, 0.3) is 0 Å². The topological polar surface area (TPSA) is 31.2 Å². The number of hydrogen-bond acceptors (Lipinski definition) is 2. The quantitative estimate of drug-likeness (QED) is 0.171. The fraction of sp³-hybridized carbons (Fsp3) is 0. The summed E-state index contributed by atoms with van der Waals surface area (Å²) in [5.41, 5.74) is 11.9. The number of hydrogen-bond donors (Lipinski definition) is 0. The Morgan fingerprint density at radius 1 is 0.345 bits per heavy atom. The molecule has 0 aliphatic carbocycles. The lowest BCUT2D eigenvalue weighted by Gasteiger charge is -2.18. The molecule has 0 N–H and O–H groups in total. The maximum absolute atomic E-state index is 6.86. The van der Waals surface area contributed by atoms with E-state index in [-0.39, 0.29) is 0 Å². The smallest absolute Gasteiger partial charge is 0.143 e. The van der Waals surface area contributed by atoms with Gasteiger partial charge in [0.05, 0.1) is 11.0 Å². The van der Waals surface area contributed by atoms with Gasteiger partial charge in [-0.05, 0) is 75.1 Å². The van der Waals surface area contributed by atoms with Crippen LogP contribution in [0.2, 0.25) is 0 Å². The average Bonchev–Trinajstić information content (AvgIpc) is 3.93. The van der Waals surface area contributed by atoms with Crippen molar-refractivity contribution in [3.63, 3.8) is 0 Å². The molecule has 0 spiro atoms. The molecular weight excluding hydrogens is 671 g/mol. The molecule has 256 valence electrons. The van der Waals surface area contributed by atoms with Gasteiger partial charge in [-0.15, -0.1) is 0 Å². The normalized spacial score (nSPS) is 12.0.